The Kier molecular flexibility index (Phi) is 8.15. The first-order valence-corrected chi connectivity index (χ1v) is 19.7. The van der Waals surface area contributed by atoms with E-state index in [4.69, 9.17) is 9.40 Å². The Morgan fingerprint density at radius 2 is 0.776 bits per heavy atom. The van der Waals surface area contributed by atoms with Crippen LogP contribution >= 0.6 is 0 Å². The maximum atomic E-state index is 6.52. The van der Waals surface area contributed by atoms with Gasteiger partial charge in [0.25, 0.3) is 0 Å². The molecule has 0 saturated heterocycles. The summed E-state index contributed by atoms with van der Waals surface area (Å²) in [5.74, 6) is 0.629. The highest BCUT2D eigenvalue weighted by atomic mass is 16.3. The fourth-order valence-corrected chi connectivity index (χ4v) is 8.42. The molecular weight excluding hydrogens is 705 g/mol. The van der Waals surface area contributed by atoms with Crippen LogP contribution in [0, 0.1) is 0 Å². The smallest absolute Gasteiger partial charge is 0.227 e. The van der Waals surface area contributed by atoms with Gasteiger partial charge in [-0.3, -0.25) is 0 Å². The molecular formula is C55H36N2O. The minimum atomic E-state index is 0.629. The molecule has 0 spiro atoms. The fraction of sp³-hybridized carbons (Fsp3) is 0. The molecule has 0 radical (unpaired) electrons. The number of nitrogens with zero attached hydrogens (tertiary/aromatic N) is 2. The van der Waals surface area contributed by atoms with Crippen LogP contribution in [0.3, 0.4) is 0 Å². The predicted octanol–water partition coefficient (Wildman–Crippen LogP) is 15.4. The highest BCUT2D eigenvalue weighted by molar-refractivity contribution is 6.14. The van der Waals surface area contributed by atoms with E-state index in [1.807, 2.05) is 30.3 Å². The van der Waals surface area contributed by atoms with E-state index in [0.29, 0.717) is 5.89 Å². The molecule has 10 aromatic carbocycles. The molecule has 0 atom stereocenters. The van der Waals surface area contributed by atoms with Gasteiger partial charge in [0.15, 0.2) is 5.58 Å². The highest BCUT2D eigenvalue weighted by Crippen LogP contribution is 2.41. The first-order valence-electron chi connectivity index (χ1n) is 19.7. The lowest BCUT2D eigenvalue weighted by Crippen LogP contribution is -2.09. The van der Waals surface area contributed by atoms with E-state index in [0.717, 1.165) is 66.8 Å². The average Bonchev–Trinajstić information content (AvgIpc) is 3.76. The number of oxazole rings is 1. The maximum absolute atomic E-state index is 6.52. The third-order valence-electron chi connectivity index (χ3n) is 11.3. The number of para-hydroxylation sites is 1. The molecule has 0 fully saturated rings. The zero-order chi connectivity index (χ0) is 38.4. The molecule has 11 aromatic rings. The number of aromatic nitrogens is 1. The largest absolute Gasteiger partial charge is 0.435 e. The van der Waals surface area contributed by atoms with Crippen molar-refractivity contribution in [1.29, 1.82) is 0 Å². The summed E-state index contributed by atoms with van der Waals surface area (Å²) in [6.45, 7) is 0. The molecule has 0 unspecified atom stereocenters. The Morgan fingerprint density at radius 1 is 0.328 bits per heavy atom. The van der Waals surface area contributed by atoms with Crippen molar-refractivity contribution in [3.63, 3.8) is 0 Å². The number of rotatable bonds is 7. The lowest BCUT2D eigenvalue weighted by molar-refractivity contribution is 0.621. The lowest BCUT2D eigenvalue weighted by atomic mass is 9.93. The molecule has 3 nitrogen and oxygen atoms in total. The summed E-state index contributed by atoms with van der Waals surface area (Å²) in [5.41, 5.74) is 12.8. The molecule has 0 amide bonds. The molecule has 0 aliphatic heterocycles. The third-order valence-corrected chi connectivity index (χ3v) is 11.3. The van der Waals surface area contributed by atoms with Gasteiger partial charge in [-0.2, -0.15) is 0 Å². The van der Waals surface area contributed by atoms with Crippen molar-refractivity contribution in [2.75, 3.05) is 4.90 Å². The molecule has 0 saturated carbocycles. The number of fused-ring (bicyclic) bond motifs is 6. The molecule has 0 bridgehead atoms. The topological polar surface area (TPSA) is 29.3 Å². The molecule has 0 aliphatic carbocycles. The highest BCUT2D eigenvalue weighted by Gasteiger charge is 2.18. The molecule has 1 heterocycles. The van der Waals surface area contributed by atoms with Gasteiger partial charge in [0.2, 0.25) is 5.89 Å². The third kappa shape index (κ3) is 5.89. The second kappa shape index (κ2) is 14.1. The monoisotopic (exact) mass is 740 g/mol. The first kappa shape index (κ1) is 33.6. The zero-order valence-electron chi connectivity index (χ0n) is 31.6. The van der Waals surface area contributed by atoms with Crippen molar-refractivity contribution < 1.29 is 4.42 Å². The molecule has 1 aromatic heterocycles. The number of anilines is 3. The molecule has 3 heteroatoms. The summed E-state index contributed by atoms with van der Waals surface area (Å²) in [6, 6.07) is 77.6. The minimum absolute atomic E-state index is 0.629. The van der Waals surface area contributed by atoms with Crippen molar-refractivity contribution in [3.8, 4) is 44.8 Å². The van der Waals surface area contributed by atoms with Gasteiger partial charge < -0.3 is 9.32 Å². The van der Waals surface area contributed by atoms with Crippen LogP contribution in [-0.2, 0) is 0 Å². The Balaban J connectivity index is 0.923. The van der Waals surface area contributed by atoms with Gasteiger partial charge in [0.1, 0.15) is 5.52 Å². The lowest BCUT2D eigenvalue weighted by Gasteiger charge is -2.26. The van der Waals surface area contributed by atoms with E-state index in [9.17, 15) is 0 Å². The zero-order valence-corrected chi connectivity index (χ0v) is 31.6. The average molecular weight is 741 g/mol. The second-order valence-electron chi connectivity index (χ2n) is 14.7. The summed E-state index contributed by atoms with van der Waals surface area (Å²) in [7, 11) is 0. The van der Waals surface area contributed by atoms with E-state index in [1.165, 1.54) is 32.7 Å². The Hall–Kier alpha value is -7.75. The van der Waals surface area contributed by atoms with Gasteiger partial charge in [-0.25, -0.2) is 4.98 Å². The van der Waals surface area contributed by atoms with E-state index < -0.39 is 0 Å². The van der Waals surface area contributed by atoms with Crippen LogP contribution in [0.25, 0.3) is 88.3 Å². The van der Waals surface area contributed by atoms with Crippen LogP contribution in [0.1, 0.15) is 0 Å². The standard InChI is InChI=1S/C55H36N2O/c1-3-13-41(14-4-1)55-56-53-48-20-10-8-16-43(48)36-52(54(53)58-55)40-25-23-37(24-26-40)38-27-31-45(32-28-38)57(44-17-5-2-6-18-44)46-33-29-39(30-34-46)51-35-42-15-7-9-19-47(42)49-21-11-12-22-50(49)51/h1-36H. The van der Waals surface area contributed by atoms with Crippen molar-refractivity contribution in [2.24, 2.45) is 0 Å². The summed E-state index contributed by atoms with van der Waals surface area (Å²) in [5, 5.41) is 7.29. The first-order chi connectivity index (χ1) is 28.7. The second-order valence-corrected chi connectivity index (χ2v) is 14.7. The van der Waals surface area contributed by atoms with Crippen LogP contribution in [0.4, 0.5) is 17.1 Å². The van der Waals surface area contributed by atoms with Crippen LogP contribution in [-0.4, -0.2) is 4.98 Å². The van der Waals surface area contributed by atoms with Crippen molar-refractivity contribution in [2.45, 2.75) is 0 Å². The predicted molar refractivity (Wildman–Crippen MR) is 243 cm³/mol. The van der Waals surface area contributed by atoms with Crippen molar-refractivity contribution in [3.05, 3.63) is 218 Å². The Bertz CT molecular complexity index is 3240. The Morgan fingerprint density at radius 3 is 1.45 bits per heavy atom. The fourth-order valence-electron chi connectivity index (χ4n) is 8.42. The SMILES string of the molecule is c1ccc(-c2nc3c(o2)c(-c2ccc(-c4ccc(N(c5ccccc5)c5ccc(-c6cc7ccccc7c7ccccc67)cc5)cc4)cc2)cc2ccccc23)cc1. The summed E-state index contributed by atoms with van der Waals surface area (Å²) in [4.78, 5) is 7.32. The Labute approximate surface area is 336 Å². The van der Waals surface area contributed by atoms with Gasteiger partial charge in [-0.1, -0.05) is 158 Å². The van der Waals surface area contributed by atoms with Crippen molar-refractivity contribution in [1.82, 2.24) is 4.98 Å². The number of hydrogen-bond donors (Lipinski definition) is 0. The summed E-state index contributed by atoms with van der Waals surface area (Å²) >= 11 is 0. The minimum Gasteiger partial charge on any atom is -0.435 e. The normalized spacial score (nSPS) is 11.4. The molecule has 272 valence electrons. The van der Waals surface area contributed by atoms with E-state index >= 15 is 0 Å². The van der Waals surface area contributed by atoms with Gasteiger partial charge in [-0.15, -0.1) is 0 Å². The summed E-state index contributed by atoms with van der Waals surface area (Å²) in [6.07, 6.45) is 0. The van der Waals surface area contributed by atoms with E-state index in [1.54, 1.807) is 0 Å². The van der Waals surface area contributed by atoms with Gasteiger partial charge >= 0.3 is 0 Å². The van der Waals surface area contributed by atoms with Gasteiger partial charge in [-0.05, 0) is 115 Å². The molecule has 0 N–H and O–H groups in total. The maximum Gasteiger partial charge on any atom is 0.227 e. The van der Waals surface area contributed by atoms with Gasteiger partial charge in [0, 0.05) is 33.6 Å². The number of benzene rings is 10. The van der Waals surface area contributed by atoms with Crippen LogP contribution < -0.4 is 4.90 Å². The molecule has 58 heavy (non-hydrogen) atoms. The van der Waals surface area contributed by atoms with E-state index in [-0.39, 0.29) is 0 Å². The van der Waals surface area contributed by atoms with E-state index in [2.05, 4.69) is 193 Å². The van der Waals surface area contributed by atoms with Gasteiger partial charge in [0.05, 0.1) is 0 Å². The van der Waals surface area contributed by atoms with Crippen LogP contribution in [0.5, 0.6) is 0 Å². The summed E-state index contributed by atoms with van der Waals surface area (Å²) < 4.78 is 6.52. The number of hydrogen-bond acceptors (Lipinski definition) is 3. The van der Waals surface area contributed by atoms with Crippen LogP contribution in [0.2, 0.25) is 0 Å². The molecule has 0 aliphatic rings. The molecule has 11 rings (SSSR count). The quantitative estimate of drug-likeness (QED) is 0.152. The van der Waals surface area contributed by atoms with Crippen molar-refractivity contribution >= 4 is 60.5 Å². The van der Waals surface area contributed by atoms with Crippen LogP contribution in [0.15, 0.2) is 223 Å².